The van der Waals surface area contributed by atoms with Gasteiger partial charge < -0.3 is 16.0 Å². The molecule has 1 aromatic rings. The molecule has 3 N–H and O–H groups in total. The molecule has 116 valence electrons. The number of amides is 1. The molecule has 0 atom stereocenters. The number of anilines is 1. The molecule has 1 saturated heterocycles. The number of benzene rings is 1. The molecule has 0 bridgehead atoms. The van der Waals surface area contributed by atoms with Gasteiger partial charge in [0.05, 0.1) is 5.56 Å². The molecule has 0 spiro atoms. The van der Waals surface area contributed by atoms with E-state index in [1.807, 2.05) is 0 Å². The van der Waals surface area contributed by atoms with Crippen molar-refractivity contribution < 1.29 is 13.6 Å². The van der Waals surface area contributed by atoms with Crippen molar-refractivity contribution in [3.63, 3.8) is 0 Å². The minimum Gasteiger partial charge on any atom is -0.398 e. The molecule has 21 heavy (non-hydrogen) atoms. The van der Waals surface area contributed by atoms with Gasteiger partial charge in [-0.3, -0.25) is 4.79 Å². The Morgan fingerprint density at radius 2 is 1.95 bits per heavy atom. The van der Waals surface area contributed by atoms with Crippen LogP contribution in [0.25, 0.3) is 0 Å². The van der Waals surface area contributed by atoms with Crippen LogP contribution in [0, 0.1) is 17.6 Å². The van der Waals surface area contributed by atoms with Gasteiger partial charge in [0, 0.05) is 18.3 Å². The van der Waals surface area contributed by atoms with Gasteiger partial charge in [-0.2, -0.15) is 0 Å². The van der Waals surface area contributed by atoms with Crippen molar-refractivity contribution in [1.82, 2.24) is 10.2 Å². The van der Waals surface area contributed by atoms with E-state index in [1.165, 1.54) is 0 Å². The highest BCUT2D eigenvalue weighted by Crippen LogP contribution is 2.19. The van der Waals surface area contributed by atoms with E-state index >= 15 is 0 Å². The average molecular weight is 297 g/mol. The van der Waals surface area contributed by atoms with Crippen LogP contribution < -0.4 is 11.1 Å². The van der Waals surface area contributed by atoms with Crippen LogP contribution in [0.2, 0.25) is 0 Å². The van der Waals surface area contributed by atoms with Gasteiger partial charge >= 0.3 is 0 Å². The van der Waals surface area contributed by atoms with Gasteiger partial charge in [0.25, 0.3) is 5.91 Å². The molecule has 1 aliphatic rings. The van der Waals surface area contributed by atoms with E-state index in [2.05, 4.69) is 17.3 Å². The van der Waals surface area contributed by atoms with E-state index in [0.717, 1.165) is 44.5 Å². The van der Waals surface area contributed by atoms with Gasteiger partial charge in [-0.25, -0.2) is 8.78 Å². The van der Waals surface area contributed by atoms with Crippen molar-refractivity contribution >= 4 is 11.6 Å². The minimum absolute atomic E-state index is 0.0164. The first-order valence-corrected chi connectivity index (χ1v) is 7.18. The summed E-state index contributed by atoms with van der Waals surface area (Å²) in [6.07, 6.45) is 3.14. The number of rotatable bonds is 4. The van der Waals surface area contributed by atoms with Gasteiger partial charge in [-0.1, -0.05) is 0 Å². The minimum atomic E-state index is -1.07. The molecule has 0 radical (unpaired) electrons. The Morgan fingerprint density at radius 3 is 2.62 bits per heavy atom. The summed E-state index contributed by atoms with van der Waals surface area (Å²) in [6.45, 7) is 2.68. The Morgan fingerprint density at radius 1 is 1.33 bits per heavy atom. The maximum absolute atomic E-state index is 13.2. The number of carbonyl (C=O) groups excluding carboxylic acids is 1. The predicted octanol–water partition coefficient (Wildman–Crippen LogP) is 2.01. The zero-order chi connectivity index (χ0) is 15.4. The molecule has 1 heterocycles. The number of nitrogens with one attached hydrogen (secondary N) is 1. The van der Waals surface area contributed by atoms with E-state index in [1.54, 1.807) is 0 Å². The van der Waals surface area contributed by atoms with Crippen LogP contribution in [-0.2, 0) is 0 Å². The van der Waals surface area contributed by atoms with Gasteiger partial charge in [0.1, 0.15) is 0 Å². The first-order chi connectivity index (χ1) is 9.97. The molecule has 6 heteroatoms. The van der Waals surface area contributed by atoms with Crippen molar-refractivity contribution in [2.24, 2.45) is 5.92 Å². The maximum Gasteiger partial charge on any atom is 0.253 e. The quantitative estimate of drug-likeness (QED) is 0.836. The number of piperidine rings is 1. The maximum atomic E-state index is 13.2. The van der Waals surface area contributed by atoms with Gasteiger partial charge in [0.2, 0.25) is 0 Å². The lowest BCUT2D eigenvalue weighted by Crippen LogP contribution is -2.33. The number of nitrogens with zero attached hydrogens (tertiary/aromatic N) is 1. The van der Waals surface area contributed by atoms with Gasteiger partial charge in [-0.15, -0.1) is 0 Å². The normalized spacial score (nSPS) is 16.9. The zero-order valence-electron chi connectivity index (χ0n) is 12.2. The number of nitrogen functional groups attached to an aromatic ring is 1. The molecule has 1 amide bonds. The second kappa shape index (κ2) is 6.85. The highest BCUT2D eigenvalue weighted by Gasteiger charge is 2.18. The fourth-order valence-electron chi connectivity index (χ4n) is 2.59. The molecular weight excluding hydrogens is 276 g/mol. The number of halogens is 2. The van der Waals surface area contributed by atoms with E-state index in [-0.39, 0.29) is 11.3 Å². The van der Waals surface area contributed by atoms with Crippen LogP contribution in [0.4, 0.5) is 14.5 Å². The first kappa shape index (κ1) is 15.7. The van der Waals surface area contributed by atoms with Crippen molar-refractivity contribution in [1.29, 1.82) is 0 Å². The Hall–Kier alpha value is -1.69. The lowest BCUT2D eigenvalue weighted by atomic mass is 9.94. The highest BCUT2D eigenvalue weighted by atomic mass is 19.2. The van der Waals surface area contributed by atoms with Crippen LogP contribution in [-0.4, -0.2) is 37.5 Å². The predicted molar refractivity (Wildman–Crippen MR) is 77.9 cm³/mol. The van der Waals surface area contributed by atoms with Crippen molar-refractivity contribution in [2.75, 3.05) is 32.4 Å². The number of hydrogen-bond acceptors (Lipinski definition) is 3. The summed E-state index contributed by atoms with van der Waals surface area (Å²) in [4.78, 5) is 14.2. The Labute approximate surface area is 123 Å². The third-order valence-electron chi connectivity index (χ3n) is 4.01. The largest absolute Gasteiger partial charge is 0.398 e. The molecule has 2 rings (SSSR count). The second-order valence-corrected chi connectivity index (χ2v) is 5.64. The molecular formula is C15H21F2N3O. The third-order valence-corrected chi connectivity index (χ3v) is 4.01. The molecule has 0 aromatic heterocycles. The molecule has 0 unspecified atom stereocenters. The van der Waals surface area contributed by atoms with E-state index < -0.39 is 17.5 Å². The summed E-state index contributed by atoms with van der Waals surface area (Å²) in [5, 5.41) is 2.72. The average Bonchev–Trinajstić information content (AvgIpc) is 2.45. The van der Waals surface area contributed by atoms with Crippen molar-refractivity contribution in [2.45, 2.75) is 19.3 Å². The Kier molecular flexibility index (Phi) is 5.12. The fraction of sp³-hybridized carbons (Fsp3) is 0.533. The topological polar surface area (TPSA) is 58.4 Å². The number of likely N-dealkylation sites (tertiary alicyclic amines) is 1. The summed E-state index contributed by atoms with van der Waals surface area (Å²) < 4.78 is 26.1. The fourth-order valence-corrected chi connectivity index (χ4v) is 2.59. The van der Waals surface area contributed by atoms with E-state index in [0.29, 0.717) is 12.5 Å². The SMILES string of the molecule is CN1CCC(CCNC(=O)c2cc(F)c(F)cc2N)CC1. The van der Waals surface area contributed by atoms with Crippen molar-refractivity contribution in [3.05, 3.63) is 29.3 Å². The van der Waals surface area contributed by atoms with E-state index in [9.17, 15) is 13.6 Å². The summed E-state index contributed by atoms with van der Waals surface area (Å²) in [5.74, 6) is -1.97. The first-order valence-electron chi connectivity index (χ1n) is 7.18. The Bertz CT molecular complexity index is 514. The number of nitrogens with two attached hydrogens (primary N) is 1. The summed E-state index contributed by atoms with van der Waals surface area (Å²) in [5.41, 5.74) is 5.48. The standard InChI is InChI=1S/C15H21F2N3O/c1-20-6-3-10(4-7-20)2-5-19-15(21)11-8-12(16)13(17)9-14(11)18/h8-10H,2-7,18H2,1H3,(H,19,21). The monoisotopic (exact) mass is 297 g/mol. The van der Waals surface area contributed by atoms with Crippen LogP contribution >= 0.6 is 0 Å². The number of carbonyl (C=O) groups is 1. The molecule has 1 aromatic carbocycles. The van der Waals surface area contributed by atoms with Gasteiger partial charge in [0.15, 0.2) is 11.6 Å². The van der Waals surface area contributed by atoms with Crippen LogP contribution in [0.3, 0.4) is 0 Å². The molecule has 0 saturated carbocycles. The lowest BCUT2D eigenvalue weighted by molar-refractivity contribution is 0.0949. The molecule has 1 aliphatic heterocycles. The molecule has 1 fully saturated rings. The van der Waals surface area contributed by atoms with Gasteiger partial charge in [-0.05, 0) is 51.4 Å². The van der Waals surface area contributed by atoms with Crippen LogP contribution in [0.5, 0.6) is 0 Å². The number of hydrogen-bond donors (Lipinski definition) is 2. The summed E-state index contributed by atoms with van der Waals surface area (Å²) in [7, 11) is 2.10. The third kappa shape index (κ3) is 4.14. The van der Waals surface area contributed by atoms with Crippen LogP contribution in [0.1, 0.15) is 29.6 Å². The van der Waals surface area contributed by atoms with E-state index in [4.69, 9.17) is 5.73 Å². The van der Waals surface area contributed by atoms with Crippen LogP contribution in [0.15, 0.2) is 12.1 Å². The highest BCUT2D eigenvalue weighted by molar-refractivity contribution is 5.99. The Balaban J connectivity index is 1.83. The lowest BCUT2D eigenvalue weighted by Gasteiger charge is -2.28. The summed E-state index contributed by atoms with van der Waals surface area (Å²) >= 11 is 0. The smallest absolute Gasteiger partial charge is 0.253 e. The summed E-state index contributed by atoms with van der Waals surface area (Å²) in [6, 6.07) is 1.68. The molecule has 4 nitrogen and oxygen atoms in total. The molecule has 0 aliphatic carbocycles. The zero-order valence-corrected chi connectivity index (χ0v) is 12.2. The second-order valence-electron chi connectivity index (χ2n) is 5.64. The van der Waals surface area contributed by atoms with Crippen molar-refractivity contribution in [3.8, 4) is 0 Å².